The lowest BCUT2D eigenvalue weighted by Gasteiger charge is -2.24. The molecule has 2 rings (SSSR count). The van der Waals surface area contributed by atoms with E-state index in [9.17, 15) is 15.0 Å². The second-order valence-corrected chi connectivity index (χ2v) is 5.13. The van der Waals surface area contributed by atoms with Gasteiger partial charge in [0.2, 0.25) is 5.60 Å². The fourth-order valence-corrected chi connectivity index (χ4v) is 2.14. The van der Waals surface area contributed by atoms with Crippen LogP contribution in [0.3, 0.4) is 0 Å². The molecule has 1 atom stereocenters. The number of rotatable bonds is 3. The van der Waals surface area contributed by atoms with Crippen LogP contribution in [-0.2, 0) is 10.4 Å². The third-order valence-electron chi connectivity index (χ3n) is 2.76. The molecule has 0 fully saturated rings. The largest absolute Gasteiger partial charge is 0.479 e. The molecule has 0 heterocycles. The molecule has 0 radical (unpaired) electrons. The summed E-state index contributed by atoms with van der Waals surface area (Å²) in [6.45, 7) is 0. The van der Waals surface area contributed by atoms with Crippen molar-refractivity contribution >= 4 is 28.6 Å². The Balaban J connectivity index is 2.58. The monoisotopic (exact) mass is 354 g/mol. The summed E-state index contributed by atoms with van der Waals surface area (Å²) in [5, 5.41) is 19.9. The number of carboxylic acids is 1. The second kappa shape index (κ2) is 5.07. The first kappa shape index (κ1) is 13.0. The summed E-state index contributed by atoms with van der Waals surface area (Å²) in [5.74, 6) is -1.28. The van der Waals surface area contributed by atoms with E-state index in [2.05, 4.69) is 22.6 Å². The van der Waals surface area contributed by atoms with Crippen LogP contribution >= 0.6 is 22.6 Å². The van der Waals surface area contributed by atoms with Crippen LogP contribution in [0, 0.1) is 3.57 Å². The zero-order valence-corrected chi connectivity index (χ0v) is 11.5. The highest BCUT2D eigenvalue weighted by Crippen LogP contribution is 2.30. The Bertz CT molecular complexity index is 551. The van der Waals surface area contributed by atoms with Crippen molar-refractivity contribution in [3.63, 3.8) is 0 Å². The molecule has 2 N–H and O–H groups in total. The molecule has 0 aliphatic carbocycles. The molecule has 0 spiro atoms. The van der Waals surface area contributed by atoms with Gasteiger partial charge >= 0.3 is 5.97 Å². The predicted octanol–water partition coefficient (Wildman–Crippen LogP) is 2.61. The first-order valence-electron chi connectivity index (χ1n) is 5.32. The molecule has 3 nitrogen and oxygen atoms in total. The Morgan fingerprint density at radius 3 is 1.94 bits per heavy atom. The molecule has 0 bridgehead atoms. The van der Waals surface area contributed by atoms with Gasteiger partial charge in [-0.2, -0.15) is 0 Å². The zero-order valence-electron chi connectivity index (χ0n) is 9.38. The maximum absolute atomic E-state index is 11.5. The van der Waals surface area contributed by atoms with Gasteiger partial charge in [0.05, 0.1) is 0 Å². The highest BCUT2D eigenvalue weighted by molar-refractivity contribution is 14.1. The van der Waals surface area contributed by atoms with Crippen molar-refractivity contribution in [3.05, 3.63) is 69.3 Å². The fraction of sp³-hybridized carbons (Fsp3) is 0.0714. The van der Waals surface area contributed by atoms with Crippen LogP contribution in [0.1, 0.15) is 11.1 Å². The molecule has 18 heavy (non-hydrogen) atoms. The Hall–Kier alpha value is -1.40. The van der Waals surface area contributed by atoms with Crippen molar-refractivity contribution in [2.45, 2.75) is 5.60 Å². The number of halogens is 1. The number of benzene rings is 2. The van der Waals surface area contributed by atoms with Gasteiger partial charge in [0.15, 0.2) is 0 Å². The molecule has 92 valence electrons. The van der Waals surface area contributed by atoms with Crippen molar-refractivity contribution < 1.29 is 15.0 Å². The first-order chi connectivity index (χ1) is 8.55. The van der Waals surface area contributed by atoms with Crippen molar-refractivity contribution in [1.82, 2.24) is 0 Å². The van der Waals surface area contributed by atoms with Crippen molar-refractivity contribution in [2.24, 2.45) is 0 Å². The van der Waals surface area contributed by atoms with Crippen LogP contribution in [0.5, 0.6) is 0 Å². The minimum Gasteiger partial charge on any atom is -0.479 e. The molecule has 2 aromatic rings. The van der Waals surface area contributed by atoms with Gasteiger partial charge in [-0.3, -0.25) is 0 Å². The number of hydrogen-bond donors (Lipinski definition) is 2. The van der Waals surface area contributed by atoms with E-state index in [1.807, 2.05) is 0 Å². The van der Waals surface area contributed by atoms with Crippen molar-refractivity contribution in [1.29, 1.82) is 0 Å². The molecule has 0 aliphatic rings. The summed E-state index contributed by atoms with van der Waals surface area (Å²) in [7, 11) is 0. The molecule has 0 amide bonds. The van der Waals surface area contributed by atoms with Gasteiger partial charge in [-0.05, 0) is 45.9 Å². The molecule has 0 aliphatic heterocycles. The zero-order chi connectivity index (χ0) is 13.2. The number of carbonyl (C=O) groups is 1. The SMILES string of the molecule is O=C(O)[C@](O)(c1ccccc1)c1ccc(I)cc1. The Kier molecular flexibility index (Phi) is 3.68. The van der Waals surface area contributed by atoms with Gasteiger partial charge in [0.25, 0.3) is 0 Å². The van der Waals surface area contributed by atoms with Crippen LogP contribution in [0.2, 0.25) is 0 Å². The summed E-state index contributed by atoms with van der Waals surface area (Å²) >= 11 is 2.13. The second-order valence-electron chi connectivity index (χ2n) is 3.89. The molecule has 0 unspecified atom stereocenters. The van der Waals surface area contributed by atoms with Crippen LogP contribution in [-0.4, -0.2) is 16.2 Å². The van der Waals surface area contributed by atoms with Gasteiger partial charge in [-0.1, -0.05) is 42.5 Å². The van der Waals surface area contributed by atoms with Crippen molar-refractivity contribution in [3.8, 4) is 0 Å². The van der Waals surface area contributed by atoms with Gasteiger partial charge in [-0.15, -0.1) is 0 Å². The third-order valence-corrected chi connectivity index (χ3v) is 3.48. The van der Waals surface area contributed by atoms with E-state index in [0.29, 0.717) is 11.1 Å². The van der Waals surface area contributed by atoms with Crippen LogP contribution < -0.4 is 0 Å². The number of carboxylic acid groups (broad SMARTS) is 1. The summed E-state index contributed by atoms with van der Waals surface area (Å²) in [6, 6.07) is 15.2. The maximum atomic E-state index is 11.5. The lowest BCUT2D eigenvalue weighted by atomic mass is 9.86. The van der Waals surface area contributed by atoms with Gasteiger partial charge in [0, 0.05) is 3.57 Å². The highest BCUT2D eigenvalue weighted by atomic mass is 127. The Labute approximate surface area is 118 Å². The molecular formula is C14H11IO3. The molecule has 4 heteroatoms. The highest BCUT2D eigenvalue weighted by Gasteiger charge is 2.39. The first-order valence-corrected chi connectivity index (χ1v) is 6.40. The van der Waals surface area contributed by atoms with E-state index in [-0.39, 0.29) is 0 Å². The van der Waals surface area contributed by atoms with E-state index in [4.69, 9.17) is 0 Å². The standard InChI is InChI=1S/C14H11IO3/c15-12-8-6-11(7-9-12)14(18,13(16)17)10-4-2-1-3-5-10/h1-9,18H,(H,16,17)/t14-/m0/s1. The normalized spacial score (nSPS) is 13.9. The average molecular weight is 354 g/mol. The van der Waals surface area contributed by atoms with E-state index >= 15 is 0 Å². The molecule has 0 saturated carbocycles. The fourth-order valence-electron chi connectivity index (χ4n) is 1.78. The van der Waals surface area contributed by atoms with Gasteiger partial charge in [-0.25, -0.2) is 4.79 Å². The van der Waals surface area contributed by atoms with E-state index in [1.54, 1.807) is 54.6 Å². The van der Waals surface area contributed by atoms with Crippen molar-refractivity contribution in [2.75, 3.05) is 0 Å². The maximum Gasteiger partial charge on any atom is 0.345 e. The summed E-state index contributed by atoms with van der Waals surface area (Å²) < 4.78 is 0.983. The Morgan fingerprint density at radius 2 is 1.44 bits per heavy atom. The molecule has 2 aromatic carbocycles. The number of aliphatic hydroxyl groups is 1. The van der Waals surface area contributed by atoms with Crippen LogP contribution in [0.15, 0.2) is 54.6 Å². The topological polar surface area (TPSA) is 57.5 Å². The summed E-state index contributed by atoms with van der Waals surface area (Å²) in [5.41, 5.74) is -1.31. The third kappa shape index (κ3) is 2.26. The van der Waals surface area contributed by atoms with E-state index in [0.717, 1.165) is 3.57 Å². The lowest BCUT2D eigenvalue weighted by Crippen LogP contribution is -2.36. The summed E-state index contributed by atoms with van der Waals surface area (Å²) in [6.07, 6.45) is 0. The van der Waals surface area contributed by atoms with E-state index in [1.165, 1.54) is 0 Å². The minimum atomic E-state index is -2.01. The van der Waals surface area contributed by atoms with Gasteiger partial charge in [0.1, 0.15) is 0 Å². The molecule has 0 saturated heterocycles. The quantitative estimate of drug-likeness (QED) is 0.834. The Morgan fingerprint density at radius 1 is 0.944 bits per heavy atom. The van der Waals surface area contributed by atoms with E-state index < -0.39 is 11.6 Å². The van der Waals surface area contributed by atoms with Crippen LogP contribution in [0.4, 0.5) is 0 Å². The molecule has 0 aromatic heterocycles. The lowest BCUT2D eigenvalue weighted by molar-refractivity contribution is -0.155. The minimum absolute atomic E-state index is 0.346. The van der Waals surface area contributed by atoms with Crippen LogP contribution in [0.25, 0.3) is 0 Å². The predicted molar refractivity (Wildman–Crippen MR) is 76.2 cm³/mol. The number of aliphatic carboxylic acids is 1. The number of hydrogen-bond acceptors (Lipinski definition) is 2. The average Bonchev–Trinajstić information content (AvgIpc) is 2.39. The molecular weight excluding hydrogens is 343 g/mol. The summed E-state index contributed by atoms with van der Waals surface area (Å²) in [4.78, 5) is 11.5. The smallest absolute Gasteiger partial charge is 0.345 e. The van der Waals surface area contributed by atoms with Gasteiger partial charge < -0.3 is 10.2 Å².